The molecule has 1 aromatic carbocycles. The molecule has 1 nitrogen and oxygen atoms in total. The second kappa shape index (κ2) is 5.42. The molecule has 0 saturated heterocycles. The van der Waals surface area contributed by atoms with Crippen LogP contribution in [0.3, 0.4) is 0 Å². The number of nitrogens with zero attached hydrogens (tertiary/aromatic N) is 1. The van der Waals surface area contributed by atoms with Gasteiger partial charge in [-0.25, -0.2) is 0 Å². The molecule has 0 fully saturated rings. The molecule has 3 unspecified atom stereocenters. The molecule has 0 N–H and O–H groups in total. The number of hydrogen-bond donors (Lipinski definition) is 0. The summed E-state index contributed by atoms with van der Waals surface area (Å²) < 4.78 is 2.61. The highest BCUT2D eigenvalue weighted by molar-refractivity contribution is 5.99. The largest absolute Gasteiger partial charge is 0.217 e. The number of rotatable bonds is 2. The molecule has 2 heterocycles. The predicted molar refractivity (Wildman–Crippen MR) is 109 cm³/mol. The molecule has 0 saturated carbocycles. The van der Waals surface area contributed by atoms with Gasteiger partial charge in [-0.15, -0.1) is 0 Å². The van der Waals surface area contributed by atoms with Crippen molar-refractivity contribution in [2.75, 3.05) is 0 Å². The van der Waals surface area contributed by atoms with Gasteiger partial charge in [-0.1, -0.05) is 63.3 Å². The highest BCUT2D eigenvalue weighted by atomic mass is 15.0. The summed E-state index contributed by atoms with van der Waals surface area (Å²) in [5, 5.41) is 2.89. The maximum atomic E-state index is 2.61. The van der Waals surface area contributed by atoms with Crippen LogP contribution in [0.2, 0.25) is 0 Å². The Morgan fingerprint density at radius 1 is 1.23 bits per heavy atom. The van der Waals surface area contributed by atoms with Crippen molar-refractivity contribution in [2.24, 2.45) is 11.8 Å². The van der Waals surface area contributed by atoms with Gasteiger partial charge in [0.05, 0.1) is 5.39 Å². The summed E-state index contributed by atoms with van der Waals surface area (Å²) in [5.41, 5.74) is 6.22. The van der Waals surface area contributed by atoms with Gasteiger partial charge in [0.1, 0.15) is 0 Å². The first-order chi connectivity index (χ1) is 12.6. The van der Waals surface area contributed by atoms with Crippen LogP contribution >= 0.6 is 0 Å². The standard InChI is InChI=1S/C25H28N/c1-5-9-17-18-11-8-13-20-23(18)24-22-16(14-15-26(24)21(17)6-2)10-7-12-19(22)25(20,3)4/h5,7-10,12-15,17-18,21H,6,11H2,1-4H3/q+1. The molecule has 1 heteroatoms. The maximum Gasteiger partial charge on any atom is 0.217 e. The van der Waals surface area contributed by atoms with E-state index in [0.29, 0.717) is 17.9 Å². The van der Waals surface area contributed by atoms with Crippen molar-refractivity contribution in [1.29, 1.82) is 0 Å². The minimum Gasteiger partial charge on any atom is -0.195 e. The van der Waals surface area contributed by atoms with Crippen LogP contribution in [-0.2, 0) is 5.41 Å². The molecule has 3 aliphatic rings. The lowest BCUT2D eigenvalue weighted by atomic mass is 9.61. The van der Waals surface area contributed by atoms with Gasteiger partial charge in [0.15, 0.2) is 12.2 Å². The fourth-order valence-corrected chi connectivity index (χ4v) is 5.90. The summed E-state index contributed by atoms with van der Waals surface area (Å²) in [5.74, 6) is 1.19. The molecule has 132 valence electrons. The van der Waals surface area contributed by atoms with Crippen molar-refractivity contribution in [3.8, 4) is 0 Å². The van der Waals surface area contributed by atoms with E-state index in [1.165, 1.54) is 40.4 Å². The van der Waals surface area contributed by atoms with Gasteiger partial charge < -0.3 is 0 Å². The van der Waals surface area contributed by atoms with E-state index in [0.717, 1.165) is 0 Å². The first-order valence-corrected chi connectivity index (χ1v) is 10.1. The minimum atomic E-state index is 0.0652. The fraction of sp³-hybridized carbons (Fsp3) is 0.400. The first-order valence-electron chi connectivity index (χ1n) is 10.1. The summed E-state index contributed by atoms with van der Waals surface area (Å²) in [6.07, 6.45) is 14.3. The van der Waals surface area contributed by atoms with Crippen molar-refractivity contribution in [3.63, 3.8) is 0 Å². The summed E-state index contributed by atoms with van der Waals surface area (Å²) in [7, 11) is 0. The van der Waals surface area contributed by atoms with Crippen molar-refractivity contribution in [1.82, 2.24) is 0 Å². The van der Waals surface area contributed by atoms with Gasteiger partial charge in [0, 0.05) is 35.3 Å². The zero-order valence-corrected chi connectivity index (χ0v) is 16.3. The summed E-state index contributed by atoms with van der Waals surface area (Å²) in [6.45, 7) is 9.34. The van der Waals surface area contributed by atoms with Crippen molar-refractivity contribution < 1.29 is 4.57 Å². The van der Waals surface area contributed by atoms with Crippen LogP contribution in [0.1, 0.15) is 57.8 Å². The Bertz CT molecular complexity index is 1000. The molecule has 2 aromatic rings. The lowest BCUT2D eigenvalue weighted by Gasteiger charge is -2.44. The van der Waals surface area contributed by atoms with Gasteiger partial charge in [-0.3, -0.25) is 0 Å². The van der Waals surface area contributed by atoms with E-state index >= 15 is 0 Å². The molecule has 2 aliphatic carbocycles. The van der Waals surface area contributed by atoms with Crippen LogP contribution in [0.25, 0.3) is 16.3 Å². The zero-order chi connectivity index (χ0) is 18.1. The molecule has 1 aromatic heterocycles. The average molecular weight is 343 g/mol. The predicted octanol–water partition coefficient (Wildman–Crippen LogP) is 5.91. The van der Waals surface area contributed by atoms with E-state index in [9.17, 15) is 0 Å². The molecule has 0 radical (unpaired) electrons. The number of aromatic nitrogens is 1. The van der Waals surface area contributed by atoms with Crippen LogP contribution in [0.15, 0.2) is 60.3 Å². The van der Waals surface area contributed by atoms with E-state index in [-0.39, 0.29) is 5.41 Å². The second-order valence-corrected chi connectivity index (χ2v) is 8.62. The van der Waals surface area contributed by atoms with Gasteiger partial charge in [0.2, 0.25) is 5.69 Å². The topological polar surface area (TPSA) is 3.88 Å². The monoisotopic (exact) mass is 342 g/mol. The quantitative estimate of drug-likeness (QED) is 0.472. The van der Waals surface area contributed by atoms with Crippen LogP contribution in [0, 0.1) is 11.8 Å². The second-order valence-electron chi connectivity index (χ2n) is 8.62. The van der Waals surface area contributed by atoms with Gasteiger partial charge in [-0.05, 0) is 29.9 Å². The van der Waals surface area contributed by atoms with E-state index in [2.05, 4.69) is 87.0 Å². The van der Waals surface area contributed by atoms with E-state index in [1.54, 1.807) is 5.57 Å². The molecule has 1 aliphatic heterocycles. The smallest absolute Gasteiger partial charge is 0.195 e. The van der Waals surface area contributed by atoms with Gasteiger partial charge in [-0.2, -0.15) is 4.57 Å². The third-order valence-electron chi connectivity index (χ3n) is 7.04. The SMILES string of the molecule is CC=CC1C2CC=CC3=C2c2c4c(cccc4cc[n+]2C1CC)C3(C)C. The molecule has 0 spiro atoms. The van der Waals surface area contributed by atoms with E-state index in [1.807, 2.05) is 0 Å². The Balaban J connectivity index is 1.97. The van der Waals surface area contributed by atoms with Crippen molar-refractivity contribution in [3.05, 3.63) is 71.6 Å². The van der Waals surface area contributed by atoms with Gasteiger partial charge >= 0.3 is 0 Å². The Morgan fingerprint density at radius 2 is 2.08 bits per heavy atom. The summed E-state index contributed by atoms with van der Waals surface area (Å²) in [4.78, 5) is 0. The lowest BCUT2D eigenvalue weighted by Crippen LogP contribution is -2.54. The third-order valence-corrected chi connectivity index (χ3v) is 7.04. The average Bonchev–Trinajstić information content (AvgIpc) is 2.66. The molecular formula is C25H28N+. The van der Waals surface area contributed by atoms with E-state index < -0.39 is 0 Å². The fourth-order valence-electron chi connectivity index (χ4n) is 5.90. The number of pyridine rings is 1. The number of allylic oxidation sites excluding steroid dienone is 6. The Labute approximate surface area is 156 Å². The highest BCUT2D eigenvalue weighted by Gasteiger charge is 2.50. The molecule has 3 atom stereocenters. The number of hydrogen-bond acceptors (Lipinski definition) is 0. The number of benzene rings is 1. The van der Waals surface area contributed by atoms with Crippen LogP contribution in [0.4, 0.5) is 0 Å². The van der Waals surface area contributed by atoms with Crippen LogP contribution in [-0.4, -0.2) is 0 Å². The lowest BCUT2D eigenvalue weighted by molar-refractivity contribution is -0.734. The molecule has 5 rings (SSSR count). The Morgan fingerprint density at radius 3 is 2.85 bits per heavy atom. The normalized spacial score (nSPS) is 28.2. The van der Waals surface area contributed by atoms with Gasteiger partial charge in [0.25, 0.3) is 0 Å². The van der Waals surface area contributed by atoms with Crippen LogP contribution < -0.4 is 4.57 Å². The Kier molecular flexibility index (Phi) is 3.35. The first kappa shape index (κ1) is 16.1. The van der Waals surface area contributed by atoms with E-state index in [4.69, 9.17) is 0 Å². The minimum absolute atomic E-state index is 0.0652. The summed E-state index contributed by atoms with van der Waals surface area (Å²) >= 11 is 0. The third kappa shape index (κ3) is 1.84. The zero-order valence-electron chi connectivity index (χ0n) is 16.3. The molecule has 0 amide bonds. The van der Waals surface area contributed by atoms with Crippen molar-refractivity contribution >= 4 is 16.3 Å². The summed E-state index contributed by atoms with van der Waals surface area (Å²) in [6, 6.07) is 9.74. The maximum absolute atomic E-state index is 2.61. The molecule has 26 heavy (non-hydrogen) atoms. The highest BCUT2D eigenvalue weighted by Crippen LogP contribution is 2.55. The van der Waals surface area contributed by atoms with Crippen molar-refractivity contribution in [2.45, 2.75) is 52.0 Å². The van der Waals surface area contributed by atoms with Crippen LogP contribution in [0.5, 0.6) is 0 Å². The Hall–Kier alpha value is -2.15. The molecule has 0 bridgehead atoms. The molecular weight excluding hydrogens is 314 g/mol.